The number of hydrogen-bond donors (Lipinski definition) is 0. The quantitative estimate of drug-likeness (QED) is 0.764. The zero-order valence-corrected chi connectivity index (χ0v) is 15.3. The predicted octanol–water partition coefficient (Wildman–Crippen LogP) is 3.14. The summed E-state index contributed by atoms with van der Waals surface area (Å²) in [6.45, 7) is 5.73. The molecule has 1 aromatic heterocycles. The van der Waals surface area contributed by atoms with Crippen LogP contribution in [-0.2, 0) is 17.9 Å². The Bertz CT molecular complexity index is 710. The number of likely N-dealkylation sites (tertiary alicyclic amines) is 1. The number of rotatable bonds is 7. The Kier molecular flexibility index (Phi) is 5.37. The molecule has 0 amide bonds. The third-order valence-electron chi connectivity index (χ3n) is 5.39. The van der Waals surface area contributed by atoms with Crippen molar-refractivity contribution >= 4 is 0 Å². The molecule has 1 atom stereocenters. The van der Waals surface area contributed by atoms with Crippen LogP contribution in [0.1, 0.15) is 17.5 Å². The lowest BCUT2D eigenvalue weighted by molar-refractivity contribution is 0.0443. The average Bonchev–Trinajstić information content (AvgIpc) is 3.18. The molecule has 5 nitrogen and oxygen atoms in total. The Morgan fingerprint density at radius 1 is 1.08 bits per heavy atom. The Balaban J connectivity index is 1.32. The van der Waals surface area contributed by atoms with Crippen LogP contribution in [0.5, 0.6) is 11.5 Å². The van der Waals surface area contributed by atoms with Gasteiger partial charge in [0.15, 0.2) is 11.5 Å². The topological polar surface area (TPSA) is 43.8 Å². The van der Waals surface area contributed by atoms with Gasteiger partial charge >= 0.3 is 0 Å². The largest absolute Gasteiger partial charge is 0.493 e. The van der Waals surface area contributed by atoms with E-state index < -0.39 is 0 Å². The molecule has 0 spiro atoms. The highest BCUT2D eigenvalue weighted by Crippen LogP contribution is 2.33. The highest BCUT2D eigenvalue weighted by atomic mass is 16.5. The van der Waals surface area contributed by atoms with Gasteiger partial charge in [-0.15, -0.1) is 0 Å². The molecule has 2 aliphatic rings. The fourth-order valence-electron chi connectivity index (χ4n) is 3.79. The van der Waals surface area contributed by atoms with Gasteiger partial charge in [0.2, 0.25) is 0 Å². The Morgan fingerprint density at radius 2 is 1.92 bits per heavy atom. The van der Waals surface area contributed by atoms with Crippen LogP contribution in [0.2, 0.25) is 0 Å². The number of hydrogen-bond acceptors (Lipinski definition) is 5. The fraction of sp³-hybridized carbons (Fsp3) is 0.476. The molecular formula is C21H26N2O3. The van der Waals surface area contributed by atoms with Crippen molar-refractivity contribution in [3.63, 3.8) is 0 Å². The van der Waals surface area contributed by atoms with Crippen molar-refractivity contribution < 1.29 is 14.2 Å². The van der Waals surface area contributed by atoms with Crippen LogP contribution in [-0.4, -0.2) is 43.3 Å². The van der Waals surface area contributed by atoms with Gasteiger partial charge in [0.05, 0.1) is 7.11 Å². The molecule has 2 aliphatic heterocycles. The van der Waals surface area contributed by atoms with Gasteiger partial charge < -0.3 is 14.2 Å². The van der Waals surface area contributed by atoms with Crippen LogP contribution in [0.25, 0.3) is 0 Å². The first kappa shape index (κ1) is 17.3. The van der Waals surface area contributed by atoms with Crippen molar-refractivity contribution in [2.24, 2.45) is 11.8 Å². The van der Waals surface area contributed by atoms with E-state index in [2.05, 4.69) is 22.0 Å². The smallest absolute Gasteiger partial charge is 0.161 e. The molecule has 0 N–H and O–H groups in total. The molecule has 0 radical (unpaired) electrons. The average molecular weight is 354 g/mol. The van der Waals surface area contributed by atoms with Gasteiger partial charge in [0.25, 0.3) is 0 Å². The molecule has 26 heavy (non-hydrogen) atoms. The van der Waals surface area contributed by atoms with E-state index in [-0.39, 0.29) is 0 Å². The summed E-state index contributed by atoms with van der Waals surface area (Å²) in [6, 6.07) is 10.1. The van der Waals surface area contributed by atoms with E-state index in [9.17, 15) is 0 Å². The van der Waals surface area contributed by atoms with E-state index in [0.717, 1.165) is 48.7 Å². The van der Waals surface area contributed by atoms with Gasteiger partial charge in [-0.3, -0.25) is 9.88 Å². The minimum atomic E-state index is 0.509. The van der Waals surface area contributed by atoms with Crippen molar-refractivity contribution in [2.45, 2.75) is 19.6 Å². The molecule has 2 fully saturated rings. The summed E-state index contributed by atoms with van der Waals surface area (Å²) >= 11 is 0. The molecule has 0 saturated carbocycles. The molecular weight excluding hydrogens is 328 g/mol. The number of methoxy groups -OCH3 is 1. The first-order valence-corrected chi connectivity index (χ1v) is 9.30. The van der Waals surface area contributed by atoms with Crippen molar-refractivity contribution in [3.8, 4) is 11.5 Å². The molecule has 0 aliphatic carbocycles. The van der Waals surface area contributed by atoms with Crippen LogP contribution in [0.15, 0.2) is 42.7 Å². The zero-order chi connectivity index (χ0) is 17.8. The minimum Gasteiger partial charge on any atom is -0.493 e. The van der Waals surface area contributed by atoms with E-state index in [4.69, 9.17) is 14.2 Å². The summed E-state index contributed by atoms with van der Waals surface area (Å²) in [5.74, 6) is 3.14. The van der Waals surface area contributed by atoms with Crippen molar-refractivity contribution in [2.75, 3.05) is 33.4 Å². The molecule has 3 heterocycles. The van der Waals surface area contributed by atoms with E-state index in [1.54, 1.807) is 19.5 Å². The summed E-state index contributed by atoms with van der Waals surface area (Å²) in [5.41, 5.74) is 2.35. The maximum absolute atomic E-state index is 5.92. The Morgan fingerprint density at radius 3 is 2.65 bits per heavy atom. The van der Waals surface area contributed by atoms with E-state index >= 15 is 0 Å². The maximum Gasteiger partial charge on any atom is 0.161 e. The number of ether oxygens (including phenoxy) is 3. The van der Waals surface area contributed by atoms with E-state index in [1.165, 1.54) is 25.1 Å². The monoisotopic (exact) mass is 354 g/mol. The molecule has 1 aromatic carbocycles. The minimum absolute atomic E-state index is 0.509. The molecule has 5 heteroatoms. The fourth-order valence-corrected chi connectivity index (χ4v) is 3.79. The SMILES string of the molecule is COc1cc(CN2CC(C3CCOC3)C2)ccc1OCc1ccncc1. The summed E-state index contributed by atoms with van der Waals surface area (Å²) in [7, 11) is 1.69. The third kappa shape index (κ3) is 4.00. The van der Waals surface area contributed by atoms with E-state index in [0.29, 0.717) is 6.61 Å². The Hall–Kier alpha value is -2.11. The highest BCUT2D eigenvalue weighted by molar-refractivity contribution is 5.43. The van der Waals surface area contributed by atoms with Crippen LogP contribution >= 0.6 is 0 Å². The van der Waals surface area contributed by atoms with Crippen molar-refractivity contribution in [3.05, 3.63) is 53.9 Å². The van der Waals surface area contributed by atoms with Crippen LogP contribution in [0.4, 0.5) is 0 Å². The normalized spacial score (nSPS) is 20.7. The first-order chi connectivity index (χ1) is 12.8. The van der Waals surface area contributed by atoms with Crippen molar-refractivity contribution in [1.82, 2.24) is 9.88 Å². The molecule has 2 aromatic rings. The molecule has 2 saturated heterocycles. The lowest BCUT2D eigenvalue weighted by atomic mass is 9.85. The van der Waals surface area contributed by atoms with Gasteiger partial charge in [-0.25, -0.2) is 0 Å². The van der Waals surface area contributed by atoms with Gasteiger partial charge in [-0.1, -0.05) is 6.07 Å². The van der Waals surface area contributed by atoms with Crippen LogP contribution < -0.4 is 9.47 Å². The number of nitrogens with zero attached hydrogens (tertiary/aromatic N) is 2. The van der Waals surface area contributed by atoms with E-state index in [1.807, 2.05) is 18.2 Å². The highest BCUT2D eigenvalue weighted by Gasteiger charge is 2.35. The molecule has 1 unspecified atom stereocenters. The molecule has 138 valence electrons. The standard InChI is InChI=1S/C21H26N2O3/c1-24-21-10-17(11-23-12-19(13-23)18-6-9-25-15-18)2-3-20(21)26-14-16-4-7-22-8-5-16/h2-5,7-8,10,18-19H,6,9,11-15H2,1H3. The summed E-state index contributed by atoms with van der Waals surface area (Å²) in [5, 5.41) is 0. The Labute approximate surface area is 154 Å². The molecule has 4 rings (SSSR count). The molecule has 0 bridgehead atoms. The number of benzene rings is 1. The second kappa shape index (κ2) is 8.06. The predicted molar refractivity (Wildman–Crippen MR) is 99.3 cm³/mol. The van der Waals surface area contributed by atoms with Crippen molar-refractivity contribution in [1.29, 1.82) is 0 Å². The number of aromatic nitrogens is 1. The zero-order valence-electron chi connectivity index (χ0n) is 15.3. The van der Waals surface area contributed by atoms with Gasteiger partial charge in [0, 0.05) is 45.2 Å². The lowest BCUT2D eigenvalue weighted by Gasteiger charge is -2.42. The van der Waals surface area contributed by atoms with Gasteiger partial charge in [-0.2, -0.15) is 0 Å². The van der Waals surface area contributed by atoms with Crippen LogP contribution in [0, 0.1) is 11.8 Å². The second-order valence-electron chi connectivity index (χ2n) is 7.21. The van der Waals surface area contributed by atoms with Gasteiger partial charge in [0.1, 0.15) is 6.61 Å². The van der Waals surface area contributed by atoms with Crippen LogP contribution in [0.3, 0.4) is 0 Å². The summed E-state index contributed by atoms with van der Waals surface area (Å²) < 4.78 is 17.0. The second-order valence-corrected chi connectivity index (χ2v) is 7.21. The van der Waals surface area contributed by atoms with Gasteiger partial charge in [-0.05, 0) is 53.6 Å². The first-order valence-electron chi connectivity index (χ1n) is 9.30. The number of pyridine rings is 1. The maximum atomic E-state index is 5.92. The third-order valence-corrected chi connectivity index (χ3v) is 5.39. The lowest BCUT2D eigenvalue weighted by Crippen LogP contribution is -2.49. The summed E-state index contributed by atoms with van der Waals surface area (Å²) in [4.78, 5) is 6.52. The summed E-state index contributed by atoms with van der Waals surface area (Å²) in [6.07, 6.45) is 4.78.